The van der Waals surface area contributed by atoms with Gasteiger partial charge in [0.15, 0.2) is 0 Å². The van der Waals surface area contributed by atoms with Gasteiger partial charge >= 0.3 is 0 Å². The van der Waals surface area contributed by atoms with E-state index in [1.165, 1.54) is 18.0 Å². The highest BCUT2D eigenvalue weighted by Crippen LogP contribution is 2.26. The highest BCUT2D eigenvalue weighted by molar-refractivity contribution is 8.00. The van der Waals surface area contributed by atoms with Gasteiger partial charge in [-0.25, -0.2) is 8.42 Å². The van der Waals surface area contributed by atoms with Gasteiger partial charge in [0.1, 0.15) is 15.6 Å². The molecule has 0 saturated heterocycles. The van der Waals surface area contributed by atoms with E-state index in [1.54, 1.807) is 6.07 Å². The summed E-state index contributed by atoms with van der Waals surface area (Å²) in [5.41, 5.74) is 6.41. The van der Waals surface area contributed by atoms with Crippen molar-refractivity contribution in [2.24, 2.45) is 0 Å². The average Bonchev–Trinajstić information content (AvgIpc) is 2.24. The largest absolute Gasteiger partial charge is 0.493 e. The zero-order chi connectivity index (χ0) is 13.6. The van der Waals surface area contributed by atoms with Gasteiger partial charge in [0.25, 0.3) is 0 Å². The van der Waals surface area contributed by atoms with E-state index >= 15 is 0 Å². The highest BCUT2D eigenvalue weighted by atomic mass is 32.2. The Morgan fingerprint density at radius 1 is 1.33 bits per heavy atom. The van der Waals surface area contributed by atoms with Crippen LogP contribution in [0.5, 0.6) is 5.75 Å². The van der Waals surface area contributed by atoms with Crippen LogP contribution in [0.25, 0.3) is 0 Å². The maximum atomic E-state index is 11.0. The molecule has 0 bridgehead atoms. The first kappa shape index (κ1) is 15.2. The topological polar surface area (TPSA) is 69.4 Å². The van der Waals surface area contributed by atoms with Crippen LogP contribution in [0.15, 0.2) is 23.1 Å². The van der Waals surface area contributed by atoms with Crippen molar-refractivity contribution in [1.29, 1.82) is 0 Å². The third-order valence-electron chi connectivity index (χ3n) is 2.10. The second kappa shape index (κ2) is 6.89. The molecule has 0 amide bonds. The van der Waals surface area contributed by atoms with Crippen LogP contribution >= 0.6 is 11.8 Å². The fourth-order valence-corrected chi connectivity index (χ4v) is 3.49. The fraction of sp³-hybridized carbons (Fsp3) is 0.500. The molecule has 2 N–H and O–H groups in total. The van der Waals surface area contributed by atoms with Crippen LogP contribution in [0.4, 0.5) is 5.69 Å². The smallest absolute Gasteiger partial charge is 0.148 e. The first-order chi connectivity index (χ1) is 8.40. The van der Waals surface area contributed by atoms with Crippen molar-refractivity contribution < 1.29 is 13.2 Å². The molecule has 0 saturated carbocycles. The third-order valence-corrected chi connectivity index (χ3v) is 4.28. The van der Waals surface area contributed by atoms with Crippen LogP contribution in [0.2, 0.25) is 0 Å². The summed E-state index contributed by atoms with van der Waals surface area (Å²) in [6, 6.07) is 5.49. The predicted octanol–water partition coefficient (Wildman–Crippen LogP) is 2.19. The lowest BCUT2D eigenvalue weighted by atomic mass is 10.3. The maximum absolute atomic E-state index is 11.0. The number of nitrogens with two attached hydrogens (primary N) is 1. The van der Waals surface area contributed by atoms with Gasteiger partial charge < -0.3 is 10.5 Å². The number of benzene rings is 1. The van der Waals surface area contributed by atoms with Gasteiger partial charge in [-0.1, -0.05) is 6.92 Å². The number of hydrogen-bond acceptors (Lipinski definition) is 5. The summed E-state index contributed by atoms with van der Waals surface area (Å²) in [5.74, 6) is 1.42. The minimum Gasteiger partial charge on any atom is -0.493 e. The van der Waals surface area contributed by atoms with Gasteiger partial charge in [-0.15, -0.1) is 11.8 Å². The standard InChI is InChI=1S/C12H19NO3S2/c1-3-4-16-11-7-10(13)8-12(9-11)17-5-6-18(2,14)15/h7-9H,3-6,13H2,1-2H3. The van der Waals surface area contributed by atoms with Crippen molar-refractivity contribution in [1.82, 2.24) is 0 Å². The SMILES string of the molecule is CCCOc1cc(N)cc(SCCS(C)(=O)=O)c1. The van der Waals surface area contributed by atoms with E-state index in [0.717, 1.165) is 17.1 Å². The molecule has 0 aliphatic heterocycles. The molecule has 18 heavy (non-hydrogen) atoms. The Labute approximate surface area is 113 Å². The van der Waals surface area contributed by atoms with E-state index in [2.05, 4.69) is 0 Å². The molecule has 0 aromatic heterocycles. The summed E-state index contributed by atoms with van der Waals surface area (Å²) in [6.07, 6.45) is 2.17. The second-order valence-corrected chi connectivity index (χ2v) is 7.49. The Morgan fingerprint density at radius 3 is 2.67 bits per heavy atom. The number of thioether (sulfide) groups is 1. The first-order valence-electron chi connectivity index (χ1n) is 5.74. The lowest BCUT2D eigenvalue weighted by Crippen LogP contribution is -2.05. The summed E-state index contributed by atoms with van der Waals surface area (Å²) in [4.78, 5) is 0.935. The zero-order valence-electron chi connectivity index (χ0n) is 10.7. The van der Waals surface area contributed by atoms with Crippen LogP contribution in [-0.4, -0.2) is 32.8 Å². The molecule has 0 unspecified atom stereocenters. The van der Waals surface area contributed by atoms with Crippen LogP contribution in [0.3, 0.4) is 0 Å². The number of sulfone groups is 1. The van der Waals surface area contributed by atoms with Gasteiger partial charge in [0, 0.05) is 28.7 Å². The molecule has 0 fully saturated rings. The highest BCUT2D eigenvalue weighted by Gasteiger charge is 2.05. The zero-order valence-corrected chi connectivity index (χ0v) is 12.3. The van der Waals surface area contributed by atoms with Crippen LogP contribution < -0.4 is 10.5 Å². The number of hydrogen-bond donors (Lipinski definition) is 1. The van der Waals surface area contributed by atoms with E-state index in [-0.39, 0.29) is 5.75 Å². The number of anilines is 1. The summed E-state index contributed by atoms with van der Waals surface area (Å²) in [5, 5.41) is 0. The first-order valence-corrected chi connectivity index (χ1v) is 8.79. The molecule has 4 nitrogen and oxygen atoms in total. The van der Waals surface area contributed by atoms with E-state index < -0.39 is 9.84 Å². The minimum absolute atomic E-state index is 0.164. The van der Waals surface area contributed by atoms with Gasteiger partial charge in [0.2, 0.25) is 0 Å². The molecule has 0 atom stereocenters. The minimum atomic E-state index is -2.91. The van der Waals surface area contributed by atoms with Crippen molar-refractivity contribution in [2.45, 2.75) is 18.2 Å². The van der Waals surface area contributed by atoms with Gasteiger partial charge in [-0.2, -0.15) is 0 Å². The maximum Gasteiger partial charge on any atom is 0.148 e. The quantitative estimate of drug-likeness (QED) is 0.615. The molecule has 0 spiro atoms. The lowest BCUT2D eigenvalue weighted by molar-refractivity contribution is 0.317. The molecule has 1 aromatic rings. The summed E-state index contributed by atoms with van der Waals surface area (Å²) in [6.45, 7) is 2.69. The molecule has 1 rings (SSSR count). The lowest BCUT2D eigenvalue weighted by Gasteiger charge is -2.08. The molecule has 0 aliphatic rings. The predicted molar refractivity (Wildman–Crippen MR) is 77.1 cm³/mol. The Morgan fingerprint density at radius 2 is 2.06 bits per heavy atom. The number of ether oxygens (including phenoxy) is 1. The van der Waals surface area contributed by atoms with Crippen molar-refractivity contribution >= 4 is 27.3 Å². The molecule has 0 radical (unpaired) electrons. The Balaban J connectivity index is 2.62. The molecule has 0 aliphatic carbocycles. The molecular weight excluding hydrogens is 270 g/mol. The van der Waals surface area contributed by atoms with E-state index in [0.29, 0.717) is 18.0 Å². The normalized spacial score (nSPS) is 11.4. The van der Waals surface area contributed by atoms with E-state index in [4.69, 9.17) is 10.5 Å². The molecule has 6 heteroatoms. The van der Waals surface area contributed by atoms with Gasteiger partial charge in [0.05, 0.1) is 12.4 Å². The van der Waals surface area contributed by atoms with E-state index in [9.17, 15) is 8.42 Å². The Kier molecular flexibility index (Phi) is 5.81. The van der Waals surface area contributed by atoms with Crippen molar-refractivity contribution in [3.63, 3.8) is 0 Å². The van der Waals surface area contributed by atoms with Crippen molar-refractivity contribution in [3.8, 4) is 5.75 Å². The molecular formula is C12H19NO3S2. The van der Waals surface area contributed by atoms with Crippen molar-refractivity contribution in [3.05, 3.63) is 18.2 Å². The van der Waals surface area contributed by atoms with Crippen LogP contribution in [0.1, 0.15) is 13.3 Å². The second-order valence-electron chi connectivity index (χ2n) is 4.06. The summed E-state index contributed by atoms with van der Waals surface area (Å²) < 4.78 is 27.6. The van der Waals surface area contributed by atoms with E-state index in [1.807, 2.05) is 19.1 Å². The molecule has 102 valence electrons. The number of nitrogen functional groups attached to an aromatic ring is 1. The monoisotopic (exact) mass is 289 g/mol. The molecule has 0 heterocycles. The average molecular weight is 289 g/mol. The fourth-order valence-electron chi connectivity index (χ4n) is 1.29. The van der Waals surface area contributed by atoms with Crippen LogP contribution in [-0.2, 0) is 9.84 Å². The molecule has 1 aromatic carbocycles. The van der Waals surface area contributed by atoms with Crippen LogP contribution in [0, 0.1) is 0 Å². The Hall–Kier alpha value is -0.880. The summed E-state index contributed by atoms with van der Waals surface area (Å²) in [7, 11) is -2.91. The number of rotatable bonds is 7. The third kappa shape index (κ3) is 6.16. The summed E-state index contributed by atoms with van der Waals surface area (Å²) >= 11 is 1.47. The van der Waals surface area contributed by atoms with Gasteiger partial charge in [-0.05, 0) is 18.6 Å². The Bertz CT molecular complexity index is 486. The van der Waals surface area contributed by atoms with Gasteiger partial charge in [-0.3, -0.25) is 0 Å². The van der Waals surface area contributed by atoms with Crippen molar-refractivity contribution in [2.75, 3.05) is 30.1 Å².